The Kier molecular flexibility index (Phi) is 5.40. The van der Waals surface area contributed by atoms with Gasteiger partial charge in [0.05, 0.1) is 24.6 Å². The van der Waals surface area contributed by atoms with Gasteiger partial charge in [0, 0.05) is 51.0 Å². The molecule has 1 atom stereocenters. The Hall–Kier alpha value is -2.51. The molecular weight excluding hydrogens is 390 g/mol. The summed E-state index contributed by atoms with van der Waals surface area (Å²) in [6.07, 6.45) is 3.91. The molecule has 1 saturated carbocycles. The van der Waals surface area contributed by atoms with Gasteiger partial charge in [-0.15, -0.1) is 0 Å². The second kappa shape index (κ2) is 8.20. The van der Waals surface area contributed by atoms with Crippen molar-refractivity contribution >= 4 is 11.5 Å². The van der Waals surface area contributed by atoms with Crippen LogP contribution in [0.15, 0.2) is 35.6 Å². The first-order valence-corrected chi connectivity index (χ1v) is 11.2. The lowest BCUT2D eigenvalue weighted by molar-refractivity contribution is 0.117. The van der Waals surface area contributed by atoms with Gasteiger partial charge in [-0.3, -0.25) is 9.89 Å². The molecule has 31 heavy (non-hydrogen) atoms. The maximum absolute atomic E-state index is 6.18. The fourth-order valence-corrected chi connectivity index (χ4v) is 4.40. The highest BCUT2D eigenvalue weighted by Crippen LogP contribution is 2.40. The van der Waals surface area contributed by atoms with Crippen molar-refractivity contribution in [3.63, 3.8) is 0 Å². The molecule has 0 bridgehead atoms. The molecule has 3 aliphatic rings. The monoisotopic (exact) mass is 421 g/mol. The van der Waals surface area contributed by atoms with E-state index in [2.05, 4.69) is 57.9 Å². The highest BCUT2D eigenvalue weighted by molar-refractivity contribution is 6.14. The Bertz CT molecular complexity index is 988. The van der Waals surface area contributed by atoms with Crippen LogP contribution in [-0.4, -0.2) is 72.1 Å². The molecule has 1 aromatic carbocycles. The Balaban J connectivity index is 1.33. The topological polar surface area (TPSA) is 63.1 Å². The number of aromatic nitrogens is 2. The Morgan fingerprint density at radius 3 is 2.81 bits per heavy atom. The summed E-state index contributed by atoms with van der Waals surface area (Å²) in [5.41, 5.74) is 4.19. The molecule has 0 N–H and O–H groups in total. The predicted octanol–water partition coefficient (Wildman–Crippen LogP) is 2.92. The summed E-state index contributed by atoms with van der Waals surface area (Å²) in [4.78, 5) is 18.8. The zero-order valence-corrected chi connectivity index (χ0v) is 18.7. The maximum Gasteiger partial charge on any atom is 0.132 e. The van der Waals surface area contributed by atoms with Crippen LogP contribution in [-0.2, 0) is 11.3 Å². The summed E-state index contributed by atoms with van der Waals surface area (Å²) in [7, 11) is 1.76. The van der Waals surface area contributed by atoms with E-state index in [-0.39, 0.29) is 5.60 Å². The number of fused-ring (bicyclic) bond motifs is 1. The van der Waals surface area contributed by atoms with E-state index in [1.807, 2.05) is 0 Å². The summed E-state index contributed by atoms with van der Waals surface area (Å²) in [5.74, 6) is 1.89. The van der Waals surface area contributed by atoms with Gasteiger partial charge in [0.15, 0.2) is 0 Å². The van der Waals surface area contributed by atoms with Crippen LogP contribution in [0, 0.1) is 0 Å². The number of piperazine rings is 1. The number of aliphatic imine (C=N–C) groups is 1. The average Bonchev–Trinajstić information content (AvgIpc) is 3.35. The van der Waals surface area contributed by atoms with Crippen molar-refractivity contribution in [2.75, 3.05) is 44.8 Å². The predicted molar refractivity (Wildman–Crippen MR) is 121 cm³/mol. The van der Waals surface area contributed by atoms with E-state index in [4.69, 9.17) is 14.5 Å². The van der Waals surface area contributed by atoms with Crippen LogP contribution in [0.2, 0.25) is 0 Å². The molecule has 7 heteroatoms. The average molecular weight is 422 g/mol. The molecule has 5 rings (SSSR count). The normalized spacial score (nSPS) is 22.2. The van der Waals surface area contributed by atoms with Gasteiger partial charge in [0.25, 0.3) is 0 Å². The minimum Gasteiger partial charge on any atom is -0.488 e. The first kappa shape index (κ1) is 20.4. The van der Waals surface area contributed by atoms with Crippen LogP contribution in [0.25, 0.3) is 0 Å². The van der Waals surface area contributed by atoms with E-state index in [0.29, 0.717) is 12.6 Å². The second-order valence-corrected chi connectivity index (χ2v) is 9.12. The molecule has 164 valence electrons. The Morgan fingerprint density at radius 1 is 1.16 bits per heavy atom. The van der Waals surface area contributed by atoms with E-state index in [9.17, 15) is 0 Å². The smallest absolute Gasteiger partial charge is 0.132 e. The quantitative estimate of drug-likeness (QED) is 0.685. The molecule has 1 aliphatic carbocycles. The van der Waals surface area contributed by atoms with Crippen LogP contribution < -0.4 is 9.64 Å². The number of hydrogen-bond donors (Lipinski definition) is 0. The van der Waals surface area contributed by atoms with Crippen LogP contribution in [0.3, 0.4) is 0 Å². The van der Waals surface area contributed by atoms with Gasteiger partial charge in [0.1, 0.15) is 23.5 Å². The van der Waals surface area contributed by atoms with Crippen LogP contribution in [0.4, 0.5) is 5.82 Å². The summed E-state index contributed by atoms with van der Waals surface area (Å²) < 4.78 is 11.4. The standard InChI is InChI=1S/C24H31N5O2/c1-17-15-29(9-8-28(17)10-11-30-3)22-13-21(26-16-27-22)23-20-12-19(31-24(2)6-7-24)5-4-18(20)14-25-23/h4-5,12-13,16-17H,6-11,14-15H2,1-3H3/t17-/m1/s1. The van der Waals surface area contributed by atoms with Crippen molar-refractivity contribution in [2.24, 2.45) is 4.99 Å². The fraction of sp³-hybridized carbons (Fsp3) is 0.542. The highest BCUT2D eigenvalue weighted by atomic mass is 16.5. The molecule has 1 aromatic heterocycles. The van der Waals surface area contributed by atoms with Gasteiger partial charge in [-0.25, -0.2) is 9.97 Å². The van der Waals surface area contributed by atoms with Crippen LogP contribution in [0.1, 0.15) is 43.5 Å². The molecule has 0 spiro atoms. The third-order valence-electron chi connectivity index (χ3n) is 6.63. The molecule has 2 aromatic rings. The van der Waals surface area contributed by atoms with E-state index in [0.717, 1.165) is 74.2 Å². The van der Waals surface area contributed by atoms with E-state index >= 15 is 0 Å². The molecule has 0 radical (unpaired) electrons. The third kappa shape index (κ3) is 4.29. The van der Waals surface area contributed by atoms with E-state index in [1.165, 1.54) is 5.56 Å². The first-order valence-electron chi connectivity index (χ1n) is 11.2. The zero-order chi connectivity index (χ0) is 21.4. The molecule has 0 amide bonds. The number of benzene rings is 1. The molecule has 7 nitrogen and oxygen atoms in total. The van der Waals surface area contributed by atoms with Gasteiger partial charge < -0.3 is 14.4 Å². The van der Waals surface area contributed by atoms with E-state index < -0.39 is 0 Å². The molecule has 2 aliphatic heterocycles. The lowest BCUT2D eigenvalue weighted by atomic mass is 10.0. The first-order chi connectivity index (χ1) is 15.0. The van der Waals surface area contributed by atoms with Crippen molar-refractivity contribution in [3.8, 4) is 5.75 Å². The number of anilines is 1. The van der Waals surface area contributed by atoms with Crippen molar-refractivity contribution in [1.29, 1.82) is 0 Å². The Labute approximate surface area is 184 Å². The number of hydrogen-bond acceptors (Lipinski definition) is 7. The molecule has 0 unspecified atom stereocenters. The van der Waals surface area contributed by atoms with Crippen molar-refractivity contribution < 1.29 is 9.47 Å². The van der Waals surface area contributed by atoms with Gasteiger partial charge in [0.2, 0.25) is 0 Å². The minimum absolute atomic E-state index is 0.00826. The molecule has 2 fully saturated rings. The van der Waals surface area contributed by atoms with E-state index in [1.54, 1.807) is 13.4 Å². The molecule has 3 heterocycles. The summed E-state index contributed by atoms with van der Waals surface area (Å²) >= 11 is 0. The number of methoxy groups -OCH3 is 1. The largest absolute Gasteiger partial charge is 0.488 e. The van der Waals surface area contributed by atoms with Crippen molar-refractivity contribution in [2.45, 2.75) is 44.9 Å². The van der Waals surface area contributed by atoms with Gasteiger partial charge >= 0.3 is 0 Å². The molecular formula is C24H31N5O2. The fourth-order valence-electron chi connectivity index (χ4n) is 4.40. The summed E-state index contributed by atoms with van der Waals surface area (Å²) in [5, 5.41) is 0. The third-order valence-corrected chi connectivity index (χ3v) is 6.63. The number of ether oxygens (including phenoxy) is 2. The number of nitrogens with zero attached hydrogens (tertiary/aromatic N) is 5. The van der Waals surface area contributed by atoms with Crippen LogP contribution >= 0.6 is 0 Å². The SMILES string of the molecule is COCCN1CCN(c2cc(C3=NCc4ccc(OC5(C)CC5)cc43)ncn2)C[C@H]1C. The number of rotatable bonds is 7. The van der Waals surface area contributed by atoms with Crippen molar-refractivity contribution in [1.82, 2.24) is 14.9 Å². The van der Waals surface area contributed by atoms with Crippen LogP contribution in [0.5, 0.6) is 5.75 Å². The minimum atomic E-state index is 0.00826. The Morgan fingerprint density at radius 2 is 2.03 bits per heavy atom. The summed E-state index contributed by atoms with van der Waals surface area (Å²) in [6, 6.07) is 8.87. The van der Waals surface area contributed by atoms with Gasteiger partial charge in [-0.2, -0.15) is 0 Å². The molecule has 1 saturated heterocycles. The zero-order valence-electron chi connectivity index (χ0n) is 18.7. The van der Waals surface area contributed by atoms with Gasteiger partial charge in [-0.1, -0.05) is 6.07 Å². The lowest BCUT2D eigenvalue weighted by Gasteiger charge is -2.40. The van der Waals surface area contributed by atoms with Crippen molar-refractivity contribution in [3.05, 3.63) is 47.4 Å². The van der Waals surface area contributed by atoms with Gasteiger partial charge in [-0.05, 0) is 44.4 Å². The highest BCUT2D eigenvalue weighted by Gasteiger charge is 2.40. The lowest BCUT2D eigenvalue weighted by Crippen LogP contribution is -2.53. The second-order valence-electron chi connectivity index (χ2n) is 9.12. The summed E-state index contributed by atoms with van der Waals surface area (Å²) in [6.45, 7) is 9.77. The maximum atomic E-state index is 6.18.